The summed E-state index contributed by atoms with van der Waals surface area (Å²) in [6.07, 6.45) is 0. The molecule has 0 spiro atoms. The van der Waals surface area contributed by atoms with Gasteiger partial charge in [-0.2, -0.15) is 0 Å². The van der Waals surface area contributed by atoms with E-state index in [4.69, 9.17) is 0 Å². The van der Waals surface area contributed by atoms with Gasteiger partial charge in [-0.3, -0.25) is 0 Å². The van der Waals surface area contributed by atoms with Gasteiger partial charge in [-0.25, -0.2) is 0 Å². The average molecular weight is 281 g/mol. The third-order valence-corrected chi connectivity index (χ3v) is 2.30. The summed E-state index contributed by atoms with van der Waals surface area (Å²) in [5.41, 5.74) is 0. The predicted octanol–water partition coefficient (Wildman–Crippen LogP) is 0.480. The van der Waals surface area contributed by atoms with Crippen LogP contribution in [0.1, 0.15) is 0 Å². The Kier molecular flexibility index (Phi) is 1.85. The van der Waals surface area contributed by atoms with E-state index in [-0.39, 0.29) is 0 Å². The zero-order valence-corrected chi connectivity index (χ0v) is 8.45. The molecule has 0 aliphatic heterocycles. The first kappa shape index (κ1) is 5.28. The summed E-state index contributed by atoms with van der Waals surface area (Å²) in [5, 5.41) is 0. The van der Waals surface area contributed by atoms with Crippen LogP contribution in [0.15, 0.2) is 30.3 Å². The molecule has 0 N–H and O–H groups in total. The van der Waals surface area contributed by atoms with Crippen molar-refractivity contribution >= 4 is 28.9 Å². The summed E-state index contributed by atoms with van der Waals surface area (Å²) in [6, 6.07) is 10.5. The Bertz CT molecular complexity index is 134. The molecule has 0 fully saturated rings. The topological polar surface area (TPSA) is 0 Å². The second kappa shape index (κ2) is 2.45. The summed E-state index contributed by atoms with van der Waals surface area (Å²) in [7, 11) is 0. The van der Waals surface area contributed by atoms with Crippen molar-refractivity contribution in [1.82, 2.24) is 0 Å². The molecule has 1 rings (SSSR count). The molecule has 32 valence electrons. The summed E-state index contributed by atoms with van der Waals surface area (Å²) in [4.78, 5) is 0. The zero-order valence-electron chi connectivity index (χ0n) is 3.96. The number of hydrogen-bond acceptors (Lipinski definition) is 0. The Hall–Kier alpha value is 0.142. The van der Waals surface area contributed by atoms with Crippen LogP contribution in [-0.2, 0) is 0 Å². The van der Waals surface area contributed by atoms with Crippen molar-refractivity contribution in [3.05, 3.63) is 30.3 Å². The Morgan fingerprint density at radius 2 is 1.57 bits per heavy atom. The van der Waals surface area contributed by atoms with Crippen molar-refractivity contribution < 1.29 is 0 Å². The first-order valence-corrected chi connectivity index (χ1v) is 4.44. The van der Waals surface area contributed by atoms with Crippen LogP contribution >= 0.6 is 0 Å². The van der Waals surface area contributed by atoms with E-state index >= 15 is 0 Å². The number of hydrogen-bond donors (Lipinski definition) is 0. The molecular formula is C6H5Tl. The molecule has 0 heterocycles. The standard InChI is InChI=1S/C6H5.Tl/c1-2-4-6-5-3-1;/h1-5H;. The molecule has 0 atom stereocenters. The van der Waals surface area contributed by atoms with Gasteiger partial charge in [-0.05, 0) is 0 Å². The summed E-state index contributed by atoms with van der Waals surface area (Å²) >= 11 is 0.992. The Morgan fingerprint density at radius 1 is 1.00 bits per heavy atom. The van der Waals surface area contributed by atoms with Crippen LogP contribution in [0.3, 0.4) is 0 Å². The van der Waals surface area contributed by atoms with Crippen molar-refractivity contribution in [3.8, 4) is 0 Å². The van der Waals surface area contributed by atoms with Gasteiger partial charge in [-0.1, -0.05) is 0 Å². The molecule has 0 aliphatic rings. The van der Waals surface area contributed by atoms with E-state index in [1.807, 2.05) is 6.07 Å². The average Bonchev–Trinajstić information content (AvgIpc) is 1.69. The van der Waals surface area contributed by atoms with Gasteiger partial charge < -0.3 is 0 Å². The second-order valence-electron chi connectivity index (χ2n) is 1.41. The SMILES string of the molecule is [Tl][c]1ccccc1. The van der Waals surface area contributed by atoms with Crippen molar-refractivity contribution in [1.29, 1.82) is 0 Å². The molecule has 0 aromatic heterocycles. The van der Waals surface area contributed by atoms with E-state index in [9.17, 15) is 0 Å². The quantitative estimate of drug-likeness (QED) is 0.607. The van der Waals surface area contributed by atoms with Crippen LogP contribution < -0.4 is 3.12 Å². The zero-order chi connectivity index (χ0) is 5.11. The third kappa shape index (κ3) is 1.59. The first-order valence-electron chi connectivity index (χ1n) is 2.20. The van der Waals surface area contributed by atoms with E-state index in [0.717, 1.165) is 25.8 Å². The maximum absolute atomic E-state index is 2.16. The van der Waals surface area contributed by atoms with Crippen LogP contribution in [0.5, 0.6) is 0 Å². The monoisotopic (exact) mass is 282 g/mol. The van der Waals surface area contributed by atoms with Gasteiger partial charge in [0.2, 0.25) is 0 Å². The van der Waals surface area contributed by atoms with Gasteiger partial charge in [0.1, 0.15) is 0 Å². The van der Waals surface area contributed by atoms with E-state index in [1.54, 1.807) is 0 Å². The molecule has 0 saturated heterocycles. The van der Waals surface area contributed by atoms with E-state index in [0.29, 0.717) is 0 Å². The van der Waals surface area contributed by atoms with Gasteiger partial charge in [-0.15, -0.1) is 0 Å². The molecule has 1 heteroatoms. The fraction of sp³-hybridized carbons (Fsp3) is 0. The minimum atomic E-state index is 0.992. The van der Waals surface area contributed by atoms with E-state index in [1.165, 1.54) is 3.12 Å². The molecule has 0 unspecified atom stereocenters. The second-order valence-corrected chi connectivity index (χ2v) is 4.00. The molecule has 7 heavy (non-hydrogen) atoms. The summed E-state index contributed by atoms with van der Waals surface area (Å²) in [6.45, 7) is 0. The molecule has 1 aromatic rings. The first-order chi connectivity index (χ1) is 3.39. The molecule has 0 aliphatic carbocycles. The third-order valence-electron chi connectivity index (χ3n) is 0.800. The number of rotatable bonds is 0. The minimum absolute atomic E-state index is 0.992. The van der Waals surface area contributed by atoms with Gasteiger partial charge in [0, 0.05) is 0 Å². The van der Waals surface area contributed by atoms with Crippen molar-refractivity contribution in [2.24, 2.45) is 0 Å². The molecule has 0 amide bonds. The molecule has 0 bridgehead atoms. The van der Waals surface area contributed by atoms with Crippen LogP contribution in [0.4, 0.5) is 0 Å². The van der Waals surface area contributed by atoms with Crippen LogP contribution in [0.25, 0.3) is 0 Å². The van der Waals surface area contributed by atoms with E-state index in [2.05, 4.69) is 24.3 Å². The van der Waals surface area contributed by atoms with Gasteiger partial charge in [0.25, 0.3) is 0 Å². The maximum atomic E-state index is 2.16. The van der Waals surface area contributed by atoms with Crippen LogP contribution in [0, 0.1) is 0 Å². The van der Waals surface area contributed by atoms with Crippen LogP contribution in [-0.4, -0.2) is 25.8 Å². The van der Waals surface area contributed by atoms with Crippen molar-refractivity contribution in [3.63, 3.8) is 0 Å². The van der Waals surface area contributed by atoms with Crippen LogP contribution in [0.2, 0.25) is 0 Å². The molecule has 0 saturated carbocycles. The molecule has 1 aromatic carbocycles. The van der Waals surface area contributed by atoms with E-state index < -0.39 is 0 Å². The Balaban J connectivity index is 3.02. The number of benzene rings is 1. The fourth-order valence-electron chi connectivity index (χ4n) is 0.453. The Morgan fingerprint density at radius 3 is 1.86 bits per heavy atom. The van der Waals surface area contributed by atoms with Crippen molar-refractivity contribution in [2.45, 2.75) is 0 Å². The molecule has 0 radical (unpaired) electrons. The van der Waals surface area contributed by atoms with Gasteiger partial charge in [0.05, 0.1) is 0 Å². The molecule has 0 nitrogen and oxygen atoms in total. The Labute approximate surface area is 59.2 Å². The normalized spacial score (nSPS) is 8.43. The molecular weight excluding hydrogens is 276 g/mol. The van der Waals surface area contributed by atoms with Crippen molar-refractivity contribution in [2.75, 3.05) is 0 Å². The predicted molar refractivity (Wildman–Crippen MR) is 31.8 cm³/mol. The van der Waals surface area contributed by atoms with Gasteiger partial charge >= 0.3 is 59.2 Å². The summed E-state index contributed by atoms with van der Waals surface area (Å²) in [5.74, 6) is 0. The van der Waals surface area contributed by atoms with Gasteiger partial charge in [0.15, 0.2) is 0 Å². The fourth-order valence-corrected chi connectivity index (χ4v) is 1.32. The summed E-state index contributed by atoms with van der Waals surface area (Å²) < 4.78 is 1.49.